The number of fused-ring (bicyclic) bond motifs is 6. The first-order chi connectivity index (χ1) is 23.7. The highest BCUT2D eigenvalue weighted by Crippen LogP contribution is 2.39. The van der Waals surface area contributed by atoms with E-state index in [0.29, 0.717) is 6.54 Å². The zero-order chi connectivity index (χ0) is 32.0. The van der Waals surface area contributed by atoms with Crippen LogP contribution in [0, 0.1) is 0 Å². The molecule has 9 rings (SSSR count). The number of nitrogens with one attached hydrogen (secondary N) is 1. The Bertz CT molecular complexity index is 2560. The minimum absolute atomic E-state index is 0.293. The lowest BCUT2D eigenvalue weighted by molar-refractivity contribution is 0.552. The van der Waals surface area contributed by atoms with Gasteiger partial charge in [-0.3, -0.25) is 5.32 Å². The van der Waals surface area contributed by atoms with Crippen molar-refractivity contribution in [2.45, 2.75) is 12.7 Å². The van der Waals surface area contributed by atoms with Crippen LogP contribution < -0.4 is 11.1 Å². The fraction of sp³-hybridized carbons (Fsp3) is 0.0455. The maximum absolute atomic E-state index is 6.69. The van der Waals surface area contributed by atoms with Crippen LogP contribution in [0.5, 0.6) is 0 Å². The molecule has 230 valence electrons. The Hall–Kier alpha value is -5.94. The first-order valence-electron chi connectivity index (χ1n) is 16.5. The standard InChI is InChI=1S/C44H34N4/c45-44(46-29-30-12-11-15-33(26-30)31-13-3-1-4-14-31)32-22-24-35(25-23-32)48-41-21-10-8-19-37(41)39-27-38-36-18-7-9-20-40(36)47(42(38)28-43(39)48)34-16-5-2-6-17-34/h1-28,44,46H,29,45H2. The molecule has 0 radical (unpaired) electrons. The van der Waals surface area contributed by atoms with E-state index in [1.165, 1.54) is 60.3 Å². The van der Waals surface area contributed by atoms with Crippen LogP contribution in [-0.2, 0) is 6.54 Å². The molecule has 0 bridgehead atoms. The summed E-state index contributed by atoms with van der Waals surface area (Å²) in [6, 6.07) is 60.6. The lowest BCUT2D eigenvalue weighted by atomic mass is 10.0. The summed E-state index contributed by atoms with van der Waals surface area (Å²) >= 11 is 0. The predicted octanol–water partition coefficient (Wildman–Crippen LogP) is 10.3. The third kappa shape index (κ3) is 4.78. The van der Waals surface area contributed by atoms with Crippen molar-refractivity contribution in [1.29, 1.82) is 0 Å². The van der Waals surface area contributed by atoms with Crippen LogP contribution in [0.2, 0.25) is 0 Å². The van der Waals surface area contributed by atoms with Gasteiger partial charge in [0, 0.05) is 39.5 Å². The monoisotopic (exact) mass is 618 g/mol. The van der Waals surface area contributed by atoms with Crippen molar-refractivity contribution in [2.75, 3.05) is 0 Å². The van der Waals surface area contributed by atoms with Crippen LogP contribution in [0.15, 0.2) is 170 Å². The van der Waals surface area contributed by atoms with Gasteiger partial charge in [-0.15, -0.1) is 0 Å². The predicted molar refractivity (Wildman–Crippen MR) is 201 cm³/mol. The van der Waals surface area contributed by atoms with Gasteiger partial charge in [0.15, 0.2) is 0 Å². The summed E-state index contributed by atoms with van der Waals surface area (Å²) in [6.45, 7) is 0.682. The largest absolute Gasteiger partial charge is 0.312 e. The summed E-state index contributed by atoms with van der Waals surface area (Å²) in [4.78, 5) is 0. The Morgan fingerprint density at radius 1 is 0.438 bits per heavy atom. The minimum atomic E-state index is -0.293. The van der Waals surface area contributed by atoms with Crippen molar-refractivity contribution in [1.82, 2.24) is 14.5 Å². The van der Waals surface area contributed by atoms with E-state index in [2.05, 4.69) is 178 Å². The third-order valence-corrected chi connectivity index (χ3v) is 9.55. The van der Waals surface area contributed by atoms with Crippen molar-refractivity contribution in [2.24, 2.45) is 5.73 Å². The number of hydrogen-bond acceptors (Lipinski definition) is 2. The van der Waals surface area contributed by atoms with Gasteiger partial charge in [-0.25, -0.2) is 0 Å². The maximum atomic E-state index is 6.69. The summed E-state index contributed by atoms with van der Waals surface area (Å²) in [6.07, 6.45) is -0.293. The molecule has 1 atom stereocenters. The second-order valence-electron chi connectivity index (χ2n) is 12.4. The lowest BCUT2D eigenvalue weighted by Gasteiger charge is -2.16. The number of nitrogens with zero attached hydrogens (tertiary/aromatic N) is 2. The molecule has 0 spiro atoms. The molecule has 7 aromatic carbocycles. The molecule has 0 aliphatic carbocycles. The van der Waals surface area contributed by atoms with E-state index in [1.54, 1.807) is 0 Å². The molecule has 2 heterocycles. The molecule has 0 fully saturated rings. The van der Waals surface area contributed by atoms with Crippen molar-refractivity contribution in [3.05, 3.63) is 181 Å². The van der Waals surface area contributed by atoms with E-state index >= 15 is 0 Å². The van der Waals surface area contributed by atoms with E-state index < -0.39 is 0 Å². The molecular weight excluding hydrogens is 585 g/mol. The summed E-state index contributed by atoms with van der Waals surface area (Å²) in [5, 5.41) is 8.53. The molecular formula is C44H34N4. The lowest BCUT2D eigenvalue weighted by Crippen LogP contribution is -2.28. The Kier molecular flexibility index (Phi) is 6.89. The van der Waals surface area contributed by atoms with Crippen molar-refractivity contribution in [3.63, 3.8) is 0 Å². The summed E-state index contributed by atoms with van der Waals surface area (Å²) < 4.78 is 4.77. The summed E-state index contributed by atoms with van der Waals surface area (Å²) in [5.41, 5.74) is 18.4. The smallest absolute Gasteiger partial charge is 0.0812 e. The molecule has 2 aromatic heterocycles. The molecule has 4 heteroatoms. The zero-order valence-corrected chi connectivity index (χ0v) is 26.4. The first-order valence-corrected chi connectivity index (χ1v) is 16.5. The highest BCUT2D eigenvalue weighted by atomic mass is 15.0. The van der Waals surface area contributed by atoms with Gasteiger partial charge in [0.25, 0.3) is 0 Å². The Balaban J connectivity index is 1.09. The summed E-state index contributed by atoms with van der Waals surface area (Å²) in [7, 11) is 0. The molecule has 0 aliphatic heterocycles. The number of aromatic nitrogens is 2. The summed E-state index contributed by atoms with van der Waals surface area (Å²) in [5.74, 6) is 0. The van der Waals surface area contributed by atoms with Crippen molar-refractivity contribution < 1.29 is 0 Å². The Morgan fingerprint density at radius 2 is 0.979 bits per heavy atom. The van der Waals surface area contributed by atoms with E-state index in [4.69, 9.17) is 5.73 Å². The van der Waals surface area contributed by atoms with Crippen LogP contribution in [0.25, 0.3) is 66.1 Å². The van der Waals surface area contributed by atoms with Crippen molar-refractivity contribution in [3.8, 4) is 22.5 Å². The molecule has 0 amide bonds. The molecule has 3 N–H and O–H groups in total. The highest BCUT2D eigenvalue weighted by Gasteiger charge is 2.18. The van der Waals surface area contributed by atoms with Gasteiger partial charge >= 0.3 is 0 Å². The van der Waals surface area contributed by atoms with E-state index in [1.807, 2.05) is 6.07 Å². The zero-order valence-electron chi connectivity index (χ0n) is 26.4. The number of benzene rings is 7. The van der Waals surface area contributed by atoms with Gasteiger partial charge in [-0.1, -0.05) is 115 Å². The first kappa shape index (κ1) is 28.3. The van der Waals surface area contributed by atoms with E-state index in [9.17, 15) is 0 Å². The van der Waals surface area contributed by atoms with Crippen LogP contribution in [0.1, 0.15) is 17.3 Å². The molecule has 1 unspecified atom stereocenters. The topological polar surface area (TPSA) is 47.9 Å². The quantitative estimate of drug-likeness (QED) is 0.175. The number of nitrogens with two attached hydrogens (primary N) is 1. The van der Waals surface area contributed by atoms with Crippen LogP contribution in [0.3, 0.4) is 0 Å². The Morgan fingerprint density at radius 3 is 1.62 bits per heavy atom. The molecule has 48 heavy (non-hydrogen) atoms. The van der Waals surface area contributed by atoms with Crippen LogP contribution in [0.4, 0.5) is 0 Å². The number of rotatable bonds is 7. The maximum Gasteiger partial charge on any atom is 0.0812 e. The van der Waals surface area contributed by atoms with Gasteiger partial charge in [0.2, 0.25) is 0 Å². The number of para-hydroxylation sites is 3. The second-order valence-corrected chi connectivity index (χ2v) is 12.4. The second kappa shape index (κ2) is 11.7. The minimum Gasteiger partial charge on any atom is -0.312 e. The van der Waals surface area contributed by atoms with Gasteiger partial charge in [0.1, 0.15) is 0 Å². The fourth-order valence-corrected chi connectivity index (χ4v) is 7.23. The third-order valence-electron chi connectivity index (χ3n) is 9.55. The van der Waals surface area contributed by atoms with Gasteiger partial charge in [-0.05, 0) is 76.9 Å². The average molecular weight is 619 g/mol. The van der Waals surface area contributed by atoms with Gasteiger partial charge < -0.3 is 14.9 Å². The van der Waals surface area contributed by atoms with Crippen molar-refractivity contribution >= 4 is 43.6 Å². The SMILES string of the molecule is NC(NCc1cccc(-c2ccccc2)c1)c1ccc(-n2c3ccccc3c3cc4c5ccccc5n(-c5ccccc5)c4cc32)cc1. The normalized spacial score (nSPS) is 12.4. The molecule has 0 saturated heterocycles. The molecule has 0 aliphatic rings. The van der Waals surface area contributed by atoms with Crippen LogP contribution >= 0.6 is 0 Å². The fourth-order valence-electron chi connectivity index (χ4n) is 7.23. The van der Waals surface area contributed by atoms with Crippen LogP contribution in [-0.4, -0.2) is 9.13 Å². The molecule has 9 aromatic rings. The van der Waals surface area contributed by atoms with E-state index in [-0.39, 0.29) is 6.17 Å². The highest BCUT2D eigenvalue weighted by molar-refractivity contribution is 6.19. The number of hydrogen-bond donors (Lipinski definition) is 2. The average Bonchev–Trinajstić information content (AvgIpc) is 3.66. The Labute approximate surface area is 279 Å². The molecule has 4 nitrogen and oxygen atoms in total. The van der Waals surface area contributed by atoms with Gasteiger partial charge in [-0.2, -0.15) is 0 Å². The molecule has 0 saturated carbocycles. The van der Waals surface area contributed by atoms with Gasteiger partial charge in [0.05, 0.1) is 28.2 Å². The van der Waals surface area contributed by atoms with E-state index in [0.717, 1.165) is 16.9 Å².